The molecule has 0 spiro atoms. The maximum atomic E-state index is 8.56. The van der Waals surface area contributed by atoms with Crippen molar-refractivity contribution in [3.05, 3.63) is 0 Å². The van der Waals surface area contributed by atoms with Crippen molar-refractivity contribution in [2.45, 2.75) is 0 Å². The first kappa shape index (κ1) is 15.9. The van der Waals surface area contributed by atoms with Gasteiger partial charge in [-0.15, -0.1) is 0 Å². The second-order valence-corrected chi connectivity index (χ2v) is 0.283. The summed E-state index contributed by atoms with van der Waals surface area (Å²) in [5.41, 5.74) is 0. The van der Waals surface area contributed by atoms with Crippen LogP contribution in [0.4, 0.5) is 4.79 Å². The van der Waals surface area contributed by atoms with Gasteiger partial charge in [-0.05, 0) is 0 Å². The van der Waals surface area contributed by atoms with E-state index < -0.39 is 6.16 Å². The van der Waals surface area contributed by atoms with Gasteiger partial charge in [-0.3, -0.25) is 0 Å². The molecule has 0 aliphatic rings. The van der Waals surface area contributed by atoms with Crippen molar-refractivity contribution in [3.63, 3.8) is 0 Å². The fourth-order valence-electron chi connectivity index (χ4n) is 0. The average Bonchev–Trinajstić information content (AvgIpc) is 0.811. The van der Waals surface area contributed by atoms with E-state index in [9.17, 15) is 0 Å². The van der Waals surface area contributed by atoms with E-state index in [1.807, 2.05) is 0 Å². The summed E-state index contributed by atoms with van der Waals surface area (Å²) in [4.78, 5) is 8.56. The van der Waals surface area contributed by atoms with Crippen molar-refractivity contribution >= 4 is 51.6 Å². The maximum absolute atomic E-state index is 8.56. The molecule has 4 N–H and O–H groups in total. The Bertz CT molecular complexity index is 30.5. The first-order valence-corrected chi connectivity index (χ1v) is 0.651. The molecule has 0 aliphatic carbocycles. The van der Waals surface area contributed by atoms with Crippen molar-refractivity contribution < 1.29 is 20.5 Å². The van der Waals surface area contributed by atoms with E-state index in [2.05, 4.69) is 0 Å². The summed E-state index contributed by atoms with van der Waals surface area (Å²) >= 11 is 0. The van der Waals surface area contributed by atoms with E-state index in [1.165, 1.54) is 0 Å². The Balaban J connectivity index is -0.0000000450. The Hall–Kier alpha value is 0.711. The molecule has 0 amide bonds. The summed E-state index contributed by atoms with van der Waals surface area (Å²) in [6.45, 7) is 0. The van der Waals surface area contributed by atoms with Crippen LogP contribution in [0, 0.1) is 0 Å². The summed E-state index contributed by atoms with van der Waals surface area (Å²) in [7, 11) is 0. The molecular weight excluding hydrogens is 164 g/mol. The second-order valence-electron chi connectivity index (χ2n) is 0.283. The van der Waals surface area contributed by atoms with Gasteiger partial charge in [0.05, 0.1) is 0 Å². The molecule has 0 aliphatic heterocycles. The van der Waals surface area contributed by atoms with Gasteiger partial charge in [-0.25, -0.2) is 4.79 Å². The quantitative estimate of drug-likeness (QED) is 0.432. The zero-order valence-corrected chi connectivity index (χ0v) is 2.30. The Kier molecular flexibility index (Phi) is 24.4. The van der Waals surface area contributed by atoms with Crippen LogP contribution in [0.3, 0.4) is 0 Å². The SMILES string of the molecule is O.O=C(O)O.[SrH2]. The normalized spacial score (nSPS) is 4.00. The first-order valence-electron chi connectivity index (χ1n) is 0.651. The Morgan fingerprint density at radius 3 is 1.33 bits per heavy atom. The monoisotopic (exact) mass is 170 g/mol. The van der Waals surface area contributed by atoms with Gasteiger partial charge >= 0.3 is 51.6 Å². The Morgan fingerprint density at radius 1 is 1.33 bits per heavy atom. The van der Waals surface area contributed by atoms with Crippen LogP contribution in [0.1, 0.15) is 0 Å². The van der Waals surface area contributed by atoms with Crippen LogP contribution in [0.2, 0.25) is 0 Å². The summed E-state index contributed by atoms with van der Waals surface area (Å²) in [6, 6.07) is 0. The molecule has 0 fully saturated rings. The molecule has 0 unspecified atom stereocenters. The third-order valence-electron chi connectivity index (χ3n) is 0. The first-order chi connectivity index (χ1) is 1.73. The summed E-state index contributed by atoms with van der Waals surface area (Å²) in [6.07, 6.45) is -1.83. The zero-order valence-electron chi connectivity index (χ0n) is 2.30. The van der Waals surface area contributed by atoms with Crippen molar-refractivity contribution in [2.24, 2.45) is 0 Å². The Morgan fingerprint density at radius 2 is 1.33 bits per heavy atom. The minimum absolute atomic E-state index is 0. The molecule has 36 valence electrons. The molecular formula is CH6O4Sr. The second kappa shape index (κ2) is 9.20. The van der Waals surface area contributed by atoms with Crippen LogP contribution in [-0.4, -0.2) is 67.3 Å². The van der Waals surface area contributed by atoms with E-state index in [1.54, 1.807) is 0 Å². The molecule has 0 aromatic heterocycles. The topological polar surface area (TPSA) is 89.0 Å². The molecule has 0 saturated carbocycles. The molecule has 5 heteroatoms. The number of hydrogen-bond donors (Lipinski definition) is 2. The summed E-state index contributed by atoms with van der Waals surface area (Å²) in [5, 5.41) is 13.9. The molecule has 4 nitrogen and oxygen atoms in total. The molecule has 0 aromatic carbocycles. The van der Waals surface area contributed by atoms with Gasteiger partial charge in [-0.1, -0.05) is 0 Å². The molecule has 0 atom stereocenters. The summed E-state index contributed by atoms with van der Waals surface area (Å²) in [5.74, 6) is 0. The fraction of sp³-hybridized carbons (Fsp3) is 0. The van der Waals surface area contributed by atoms with Gasteiger partial charge in [0.1, 0.15) is 0 Å². The predicted octanol–water partition coefficient (Wildman–Crippen LogP) is -1.52. The van der Waals surface area contributed by atoms with Crippen molar-refractivity contribution in [1.82, 2.24) is 0 Å². The minimum atomic E-state index is -1.83. The van der Waals surface area contributed by atoms with E-state index in [4.69, 9.17) is 15.0 Å². The van der Waals surface area contributed by atoms with Gasteiger partial charge in [0.25, 0.3) is 0 Å². The van der Waals surface area contributed by atoms with Gasteiger partial charge in [0.15, 0.2) is 0 Å². The predicted molar refractivity (Wildman–Crippen MR) is 22.8 cm³/mol. The third-order valence-corrected chi connectivity index (χ3v) is 0. The van der Waals surface area contributed by atoms with Gasteiger partial charge in [0, 0.05) is 0 Å². The molecule has 0 heterocycles. The van der Waals surface area contributed by atoms with Crippen LogP contribution < -0.4 is 0 Å². The van der Waals surface area contributed by atoms with E-state index >= 15 is 0 Å². The third kappa shape index (κ3) is 128. The van der Waals surface area contributed by atoms with E-state index in [0.717, 1.165) is 0 Å². The average molecular weight is 170 g/mol. The fourth-order valence-corrected chi connectivity index (χ4v) is 0. The van der Waals surface area contributed by atoms with Gasteiger partial charge in [0.2, 0.25) is 0 Å². The molecule has 0 saturated heterocycles. The van der Waals surface area contributed by atoms with E-state index in [-0.39, 0.29) is 51.0 Å². The van der Waals surface area contributed by atoms with Crippen LogP contribution in [0.15, 0.2) is 0 Å². The van der Waals surface area contributed by atoms with E-state index in [0.29, 0.717) is 0 Å². The molecule has 0 radical (unpaired) electrons. The zero-order chi connectivity index (χ0) is 3.58. The Labute approximate surface area is 71.4 Å². The molecule has 6 heavy (non-hydrogen) atoms. The van der Waals surface area contributed by atoms with Crippen molar-refractivity contribution in [1.29, 1.82) is 0 Å². The standard InChI is InChI=1S/CH2O3.H2O.Sr.2H/c2-1(3)4;;;;/h(H2,2,3,4);1H2;;;. The number of carbonyl (C=O) groups is 1. The molecule has 0 aromatic rings. The summed E-state index contributed by atoms with van der Waals surface area (Å²) < 4.78 is 0. The van der Waals surface area contributed by atoms with Crippen molar-refractivity contribution in [3.8, 4) is 0 Å². The molecule has 0 bridgehead atoms. The van der Waals surface area contributed by atoms with Crippen LogP contribution in [0.5, 0.6) is 0 Å². The van der Waals surface area contributed by atoms with Crippen LogP contribution >= 0.6 is 0 Å². The number of carboxylic acid groups (broad SMARTS) is 2. The molecule has 0 rings (SSSR count). The van der Waals surface area contributed by atoms with Gasteiger partial charge < -0.3 is 15.7 Å². The van der Waals surface area contributed by atoms with Crippen molar-refractivity contribution in [2.75, 3.05) is 0 Å². The number of rotatable bonds is 0. The number of hydrogen-bond acceptors (Lipinski definition) is 1. The van der Waals surface area contributed by atoms with Gasteiger partial charge in [-0.2, -0.15) is 0 Å². The van der Waals surface area contributed by atoms with Crippen LogP contribution in [0.25, 0.3) is 0 Å². The van der Waals surface area contributed by atoms with Crippen LogP contribution in [-0.2, 0) is 0 Å².